The fraction of sp³-hybridized carbons (Fsp3) is 0.700. The largest absolute Gasteiger partial charge is 0.390 e. The number of nitrogens with zero attached hydrogens (tertiary/aromatic N) is 3. The van der Waals surface area contributed by atoms with Crippen LogP contribution in [0.5, 0.6) is 0 Å². The number of hydrogen-bond acceptors (Lipinski definition) is 4. The molecule has 1 aromatic rings. The SMILES string of the molecule is CN(C)S(=O)(=O)N1CCC[C@@H]1c1cc(CO)[nH]n1. The molecule has 1 atom stereocenters. The van der Waals surface area contributed by atoms with Gasteiger partial charge in [0.1, 0.15) is 0 Å². The highest BCUT2D eigenvalue weighted by molar-refractivity contribution is 7.86. The highest BCUT2D eigenvalue weighted by Crippen LogP contribution is 2.33. The Morgan fingerprint density at radius 3 is 2.89 bits per heavy atom. The monoisotopic (exact) mass is 274 g/mol. The molecule has 2 rings (SSSR count). The lowest BCUT2D eigenvalue weighted by atomic mass is 10.1. The van der Waals surface area contributed by atoms with Crippen molar-refractivity contribution in [3.63, 3.8) is 0 Å². The zero-order valence-corrected chi connectivity index (χ0v) is 11.3. The number of hydrogen-bond donors (Lipinski definition) is 2. The third kappa shape index (κ3) is 2.28. The molecule has 102 valence electrons. The molecule has 18 heavy (non-hydrogen) atoms. The summed E-state index contributed by atoms with van der Waals surface area (Å²) in [6.45, 7) is 0.382. The summed E-state index contributed by atoms with van der Waals surface area (Å²) >= 11 is 0. The van der Waals surface area contributed by atoms with Gasteiger partial charge in [-0.25, -0.2) is 0 Å². The van der Waals surface area contributed by atoms with Crippen LogP contribution in [0, 0.1) is 0 Å². The number of aromatic amines is 1. The number of aliphatic hydroxyl groups is 1. The van der Waals surface area contributed by atoms with Gasteiger partial charge in [0.2, 0.25) is 0 Å². The smallest absolute Gasteiger partial charge is 0.282 e. The molecule has 7 nitrogen and oxygen atoms in total. The maximum atomic E-state index is 12.2. The van der Waals surface area contributed by atoms with Gasteiger partial charge in [-0.15, -0.1) is 0 Å². The molecule has 1 saturated heterocycles. The fourth-order valence-corrected chi connectivity index (χ4v) is 3.47. The molecule has 0 radical (unpaired) electrons. The van der Waals surface area contributed by atoms with Crippen molar-refractivity contribution in [3.05, 3.63) is 17.5 Å². The molecule has 0 bridgehead atoms. The molecule has 0 aromatic carbocycles. The first-order valence-corrected chi connectivity index (χ1v) is 7.21. The Hall–Kier alpha value is -0.960. The van der Waals surface area contributed by atoms with Crippen molar-refractivity contribution in [1.82, 2.24) is 18.8 Å². The van der Waals surface area contributed by atoms with Gasteiger partial charge < -0.3 is 5.11 Å². The van der Waals surface area contributed by atoms with E-state index in [9.17, 15) is 8.42 Å². The van der Waals surface area contributed by atoms with Crippen LogP contribution in [0.3, 0.4) is 0 Å². The van der Waals surface area contributed by atoms with Crippen LogP contribution in [0.1, 0.15) is 30.3 Å². The van der Waals surface area contributed by atoms with Gasteiger partial charge in [0.05, 0.1) is 24.0 Å². The van der Waals surface area contributed by atoms with E-state index in [2.05, 4.69) is 10.2 Å². The number of H-pyrrole nitrogens is 1. The highest BCUT2D eigenvalue weighted by atomic mass is 32.2. The summed E-state index contributed by atoms with van der Waals surface area (Å²) in [5, 5.41) is 15.8. The predicted molar refractivity (Wildman–Crippen MR) is 65.8 cm³/mol. The molecule has 1 aliphatic heterocycles. The van der Waals surface area contributed by atoms with Gasteiger partial charge in [0.25, 0.3) is 10.2 Å². The summed E-state index contributed by atoms with van der Waals surface area (Å²) in [6.07, 6.45) is 1.57. The highest BCUT2D eigenvalue weighted by Gasteiger charge is 2.37. The molecule has 0 spiro atoms. The first-order valence-electron chi connectivity index (χ1n) is 5.81. The van der Waals surface area contributed by atoms with Gasteiger partial charge in [0.15, 0.2) is 0 Å². The summed E-state index contributed by atoms with van der Waals surface area (Å²) in [4.78, 5) is 0. The average Bonchev–Trinajstić information content (AvgIpc) is 2.97. The van der Waals surface area contributed by atoms with Crippen LogP contribution in [-0.2, 0) is 16.8 Å². The average molecular weight is 274 g/mol. The van der Waals surface area contributed by atoms with Crippen molar-refractivity contribution in [2.24, 2.45) is 0 Å². The lowest BCUT2D eigenvalue weighted by molar-refractivity contribution is 0.276. The van der Waals surface area contributed by atoms with Crippen molar-refractivity contribution >= 4 is 10.2 Å². The molecule has 2 N–H and O–H groups in total. The van der Waals surface area contributed by atoms with Crippen LogP contribution in [0.25, 0.3) is 0 Å². The van der Waals surface area contributed by atoms with Gasteiger partial charge in [-0.2, -0.15) is 22.1 Å². The summed E-state index contributed by atoms with van der Waals surface area (Å²) < 4.78 is 27.0. The van der Waals surface area contributed by atoms with Crippen LogP contribution in [0.4, 0.5) is 0 Å². The topological polar surface area (TPSA) is 89.5 Å². The molecule has 1 aromatic heterocycles. The third-order valence-electron chi connectivity index (χ3n) is 3.12. The van der Waals surface area contributed by atoms with Gasteiger partial charge >= 0.3 is 0 Å². The second-order valence-electron chi connectivity index (χ2n) is 4.54. The van der Waals surface area contributed by atoms with Crippen LogP contribution in [-0.4, -0.2) is 53.0 Å². The van der Waals surface area contributed by atoms with Crippen molar-refractivity contribution in [2.45, 2.75) is 25.5 Å². The molecular weight excluding hydrogens is 256 g/mol. The van der Waals surface area contributed by atoms with E-state index in [1.165, 1.54) is 22.7 Å². The summed E-state index contributed by atoms with van der Waals surface area (Å²) in [5.74, 6) is 0. The Balaban J connectivity index is 2.28. The van der Waals surface area contributed by atoms with Crippen LogP contribution >= 0.6 is 0 Å². The quantitative estimate of drug-likeness (QED) is 0.798. The van der Waals surface area contributed by atoms with Gasteiger partial charge in [-0.3, -0.25) is 5.10 Å². The molecule has 8 heteroatoms. The molecule has 1 fully saturated rings. The lowest BCUT2D eigenvalue weighted by Crippen LogP contribution is -2.39. The van der Waals surface area contributed by atoms with Crippen molar-refractivity contribution in [2.75, 3.05) is 20.6 Å². The zero-order valence-electron chi connectivity index (χ0n) is 10.5. The maximum absolute atomic E-state index is 12.2. The Labute approximate surface area is 107 Å². The predicted octanol–water partition coefficient (Wildman–Crippen LogP) is -0.155. The van der Waals surface area contributed by atoms with E-state index >= 15 is 0 Å². The molecule has 0 unspecified atom stereocenters. The minimum absolute atomic E-state index is 0.125. The minimum atomic E-state index is -3.42. The summed E-state index contributed by atoms with van der Waals surface area (Å²) in [5.41, 5.74) is 1.26. The standard InChI is InChI=1S/C10H18N4O3S/c1-13(2)18(16,17)14-5-3-4-10(14)9-6-8(7-15)11-12-9/h6,10,15H,3-5,7H2,1-2H3,(H,11,12)/t10-/m1/s1. The van der Waals surface area contributed by atoms with Crippen LogP contribution < -0.4 is 0 Å². The van der Waals surface area contributed by atoms with Gasteiger partial charge in [-0.05, 0) is 18.9 Å². The number of nitrogens with one attached hydrogen (secondary N) is 1. The Morgan fingerprint density at radius 2 is 2.33 bits per heavy atom. The summed E-state index contributed by atoms with van der Waals surface area (Å²) in [7, 11) is -0.377. The molecular formula is C10H18N4O3S. The van der Waals surface area contributed by atoms with E-state index in [1.807, 2.05) is 0 Å². The molecule has 0 aliphatic carbocycles. The fourth-order valence-electron chi connectivity index (χ4n) is 2.15. The number of aromatic nitrogens is 2. The van der Waals surface area contributed by atoms with Crippen molar-refractivity contribution in [3.8, 4) is 0 Å². The van der Waals surface area contributed by atoms with Crippen LogP contribution in [0.15, 0.2) is 6.07 Å². The van der Waals surface area contributed by atoms with E-state index in [1.54, 1.807) is 6.07 Å². The van der Waals surface area contributed by atoms with E-state index in [0.29, 0.717) is 17.9 Å². The first kappa shape index (κ1) is 13.5. The van der Waals surface area contributed by atoms with E-state index in [-0.39, 0.29) is 12.6 Å². The third-order valence-corrected chi connectivity index (χ3v) is 5.08. The Morgan fingerprint density at radius 1 is 1.61 bits per heavy atom. The lowest BCUT2D eigenvalue weighted by Gasteiger charge is -2.25. The Bertz CT molecular complexity index is 511. The molecule has 1 aliphatic rings. The normalized spacial score (nSPS) is 21.9. The van der Waals surface area contributed by atoms with Crippen molar-refractivity contribution < 1.29 is 13.5 Å². The van der Waals surface area contributed by atoms with Crippen LogP contribution in [0.2, 0.25) is 0 Å². The summed E-state index contributed by atoms with van der Waals surface area (Å²) in [6, 6.07) is 1.47. The second kappa shape index (κ2) is 4.96. The number of aliphatic hydroxyl groups excluding tert-OH is 1. The van der Waals surface area contributed by atoms with Gasteiger partial charge in [0, 0.05) is 20.6 Å². The molecule has 2 heterocycles. The first-order chi connectivity index (χ1) is 8.46. The number of rotatable bonds is 4. The van der Waals surface area contributed by atoms with E-state index in [4.69, 9.17) is 5.11 Å². The maximum Gasteiger partial charge on any atom is 0.282 e. The van der Waals surface area contributed by atoms with E-state index < -0.39 is 10.2 Å². The molecule has 0 amide bonds. The van der Waals surface area contributed by atoms with Gasteiger partial charge in [-0.1, -0.05) is 0 Å². The minimum Gasteiger partial charge on any atom is -0.390 e. The molecule has 0 saturated carbocycles. The van der Waals surface area contributed by atoms with E-state index in [0.717, 1.165) is 12.8 Å². The second-order valence-corrected chi connectivity index (χ2v) is 6.63. The van der Waals surface area contributed by atoms with Crippen molar-refractivity contribution in [1.29, 1.82) is 0 Å². The Kier molecular flexibility index (Phi) is 3.71. The zero-order chi connectivity index (χ0) is 13.3.